The number of rotatable bonds is 17. The van der Waals surface area contributed by atoms with Crippen molar-refractivity contribution in [2.24, 2.45) is 0 Å². The number of carbonyl (C=O) groups is 4. The van der Waals surface area contributed by atoms with Crippen LogP contribution in [-0.2, 0) is 61.8 Å². The average molecular weight is 629 g/mol. The third kappa shape index (κ3) is 13.8. The van der Waals surface area contributed by atoms with Crippen molar-refractivity contribution in [2.45, 2.75) is 129 Å². The van der Waals surface area contributed by atoms with Crippen molar-refractivity contribution in [3.05, 3.63) is 0 Å². The van der Waals surface area contributed by atoms with Crippen LogP contribution in [0.1, 0.15) is 55.4 Å². The van der Waals surface area contributed by atoms with E-state index in [-0.39, 0.29) is 13.2 Å². The molecule has 1 rings (SSSR count). The van der Waals surface area contributed by atoms with Gasteiger partial charge < -0.3 is 63.1 Å². The van der Waals surface area contributed by atoms with E-state index in [1.807, 2.05) is 0 Å². The first-order chi connectivity index (χ1) is 19.9. The molecule has 12 atom stereocenters. The molecule has 1 aliphatic heterocycles. The Labute approximate surface area is 249 Å². The first-order valence-electron chi connectivity index (χ1n) is 13.7. The molecule has 1 aliphatic rings. The molecule has 17 heteroatoms. The van der Waals surface area contributed by atoms with Gasteiger partial charge in [-0.15, -0.1) is 0 Å². The molecule has 0 aromatic carbocycles. The quantitative estimate of drug-likeness (QED) is 0.0827. The maximum Gasteiger partial charge on any atom is 0.336 e. The first-order valence-corrected chi connectivity index (χ1v) is 13.7. The predicted octanol–water partition coefficient (Wildman–Crippen LogP) is -1.36. The van der Waals surface area contributed by atoms with Gasteiger partial charge in [0.05, 0.1) is 13.2 Å². The van der Waals surface area contributed by atoms with Crippen LogP contribution < -0.4 is 0 Å². The monoisotopic (exact) mass is 628 g/mol. The fourth-order valence-electron chi connectivity index (χ4n) is 3.51. The van der Waals surface area contributed by atoms with E-state index >= 15 is 0 Å². The second-order valence-corrected chi connectivity index (χ2v) is 9.80. The molecule has 1 heterocycles. The fraction of sp³-hybridized carbons (Fsp3) is 0.846. The number of hydrogen-bond acceptors (Lipinski definition) is 17. The van der Waals surface area contributed by atoms with Gasteiger partial charge in [-0.3, -0.25) is 0 Å². The Bertz CT molecular complexity index is 891. The molecule has 0 aliphatic carbocycles. The summed E-state index contributed by atoms with van der Waals surface area (Å²) in [5.41, 5.74) is 0. The molecule has 43 heavy (non-hydrogen) atoms. The highest BCUT2D eigenvalue weighted by Crippen LogP contribution is 2.28. The Morgan fingerprint density at radius 1 is 0.581 bits per heavy atom. The average Bonchev–Trinajstić information content (AvgIpc) is 2.89. The molecule has 4 N–H and O–H groups in total. The van der Waals surface area contributed by atoms with Crippen molar-refractivity contribution in [1.29, 1.82) is 0 Å². The molecule has 0 amide bonds. The van der Waals surface area contributed by atoms with E-state index in [2.05, 4.69) is 0 Å². The smallest absolute Gasteiger partial charge is 0.336 e. The van der Waals surface area contributed by atoms with Crippen molar-refractivity contribution in [2.75, 3.05) is 13.2 Å². The van der Waals surface area contributed by atoms with Gasteiger partial charge in [0.15, 0.2) is 6.29 Å². The number of aliphatic hydroxyl groups excluding tert-OH is 4. The van der Waals surface area contributed by atoms with Crippen LogP contribution in [0.2, 0.25) is 0 Å². The van der Waals surface area contributed by atoms with E-state index in [1.54, 1.807) is 0 Å². The molecule has 12 unspecified atom stereocenters. The van der Waals surface area contributed by atoms with E-state index in [1.165, 1.54) is 55.4 Å². The van der Waals surface area contributed by atoms with Crippen molar-refractivity contribution < 1.29 is 82.2 Å². The van der Waals surface area contributed by atoms with Gasteiger partial charge in [0.25, 0.3) is 0 Å². The Morgan fingerprint density at radius 3 is 1.33 bits per heavy atom. The van der Waals surface area contributed by atoms with Crippen LogP contribution in [-0.4, -0.2) is 132 Å². The van der Waals surface area contributed by atoms with E-state index < -0.39 is 97.9 Å². The summed E-state index contributed by atoms with van der Waals surface area (Å²) in [4.78, 5) is 47.5. The molecule has 0 radical (unpaired) electrons. The maximum absolute atomic E-state index is 12.0. The summed E-state index contributed by atoms with van der Waals surface area (Å²) in [6.45, 7) is 9.70. The molecule has 1 fully saturated rings. The van der Waals surface area contributed by atoms with Crippen LogP contribution in [0.3, 0.4) is 0 Å². The minimum Gasteiger partial charge on any atom is -0.434 e. The van der Waals surface area contributed by atoms with Crippen LogP contribution in [0.25, 0.3) is 0 Å². The highest BCUT2D eigenvalue weighted by atomic mass is 16.8. The molecule has 0 aromatic rings. The number of aliphatic hydroxyl groups is 4. The summed E-state index contributed by atoms with van der Waals surface area (Å²) >= 11 is 0. The van der Waals surface area contributed by atoms with Gasteiger partial charge in [-0.25, -0.2) is 19.2 Å². The van der Waals surface area contributed by atoms with Gasteiger partial charge in [-0.1, -0.05) is 0 Å². The highest BCUT2D eigenvalue weighted by Gasteiger charge is 2.46. The van der Waals surface area contributed by atoms with Crippen molar-refractivity contribution in [1.82, 2.24) is 0 Å². The summed E-state index contributed by atoms with van der Waals surface area (Å²) in [5, 5.41) is 37.9. The summed E-state index contributed by atoms with van der Waals surface area (Å²) < 4.78 is 49.3. The summed E-state index contributed by atoms with van der Waals surface area (Å²) in [7, 11) is 0. The lowest BCUT2D eigenvalue weighted by Crippen LogP contribution is -2.60. The van der Waals surface area contributed by atoms with Gasteiger partial charge in [0.2, 0.25) is 18.9 Å². The van der Waals surface area contributed by atoms with Crippen molar-refractivity contribution >= 4 is 23.9 Å². The molecule has 0 aromatic heterocycles. The zero-order chi connectivity index (χ0) is 33.0. The Kier molecular flexibility index (Phi) is 16.5. The number of esters is 4. The minimum atomic E-state index is -1.47. The fourth-order valence-corrected chi connectivity index (χ4v) is 3.51. The zero-order valence-corrected chi connectivity index (χ0v) is 25.4. The SMILES string of the molecule is CC(OCC1OCC(OC(C)OC(=O)C(C)O)C(OC(C)OC(=O)C(C)O)C1OC(C)OC(=O)C(C)O)OC(=O)C(C)O. The lowest BCUT2D eigenvalue weighted by Gasteiger charge is -2.44. The van der Waals surface area contributed by atoms with Crippen LogP contribution in [0.5, 0.6) is 0 Å². The number of carbonyl (C=O) groups excluding carboxylic acids is 4. The van der Waals surface area contributed by atoms with Gasteiger partial charge in [0, 0.05) is 0 Å². The maximum atomic E-state index is 12.0. The largest absolute Gasteiger partial charge is 0.434 e. The molecule has 17 nitrogen and oxygen atoms in total. The van der Waals surface area contributed by atoms with Crippen LogP contribution >= 0.6 is 0 Å². The van der Waals surface area contributed by atoms with Crippen molar-refractivity contribution in [3.8, 4) is 0 Å². The summed E-state index contributed by atoms with van der Waals surface area (Å²) in [6, 6.07) is 0. The minimum absolute atomic E-state index is 0.240. The lowest BCUT2D eigenvalue weighted by molar-refractivity contribution is -0.312. The van der Waals surface area contributed by atoms with E-state index in [4.69, 9.17) is 42.6 Å². The molecule has 250 valence electrons. The third-order valence-corrected chi connectivity index (χ3v) is 5.58. The lowest BCUT2D eigenvalue weighted by atomic mass is 9.99. The molecule has 0 saturated carbocycles. The normalized spacial score (nSPS) is 26.0. The van der Waals surface area contributed by atoms with Gasteiger partial charge in [0.1, 0.15) is 48.8 Å². The standard InChI is InChI=1S/C26H44O17/c1-11(27)23(31)40-15(5)35-9-19-21(38-17(7)42-25(33)13(3)29)22(39-18(8)43-26(34)14(4)30)20(10-36-19)37-16(6)41-24(32)12(2)28/h11-22,27-30H,9-10H2,1-8H3. The summed E-state index contributed by atoms with van der Waals surface area (Å²) in [5.74, 6) is -3.91. The predicted molar refractivity (Wildman–Crippen MR) is 139 cm³/mol. The zero-order valence-electron chi connectivity index (χ0n) is 25.4. The number of hydrogen-bond donors (Lipinski definition) is 4. The molecule has 0 spiro atoms. The van der Waals surface area contributed by atoms with E-state index in [9.17, 15) is 39.6 Å². The molecular weight excluding hydrogens is 584 g/mol. The summed E-state index contributed by atoms with van der Waals surface area (Å²) in [6.07, 6.45) is -15.4. The Hall–Kier alpha value is -2.48. The second kappa shape index (κ2) is 18.4. The molecule has 0 bridgehead atoms. The topological polar surface area (TPSA) is 232 Å². The Balaban J connectivity index is 3.30. The van der Waals surface area contributed by atoms with Crippen molar-refractivity contribution in [3.63, 3.8) is 0 Å². The third-order valence-electron chi connectivity index (χ3n) is 5.58. The highest BCUT2D eigenvalue weighted by molar-refractivity contribution is 5.74. The molecular formula is C26H44O17. The van der Waals surface area contributed by atoms with Gasteiger partial charge >= 0.3 is 23.9 Å². The van der Waals surface area contributed by atoms with Crippen LogP contribution in [0.4, 0.5) is 0 Å². The second-order valence-electron chi connectivity index (χ2n) is 9.80. The first kappa shape index (κ1) is 38.5. The van der Waals surface area contributed by atoms with Crippen LogP contribution in [0.15, 0.2) is 0 Å². The van der Waals surface area contributed by atoms with Gasteiger partial charge in [-0.2, -0.15) is 0 Å². The van der Waals surface area contributed by atoms with E-state index in [0.717, 1.165) is 0 Å². The van der Waals surface area contributed by atoms with Gasteiger partial charge in [-0.05, 0) is 55.4 Å². The van der Waals surface area contributed by atoms with E-state index in [0.29, 0.717) is 0 Å². The molecule has 1 saturated heterocycles. The van der Waals surface area contributed by atoms with Crippen LogP contribution in [0, 0.1) is 0 Å². The Morgan fingerprint density at radius 2 is 0.930 bits per heavy atom. The number of ether oxygens (including phenoxy) is 9.